The minimum atomic E-state index is -0.629. The summed E-state index contributed by atoms with van der Waals surface area (Å²) in [7, 11) is 0. The maximum atomic E-state index is 12.9. The van der Waals surface area contributed by atoms with Gasteiger partial charge in [-0.25, -0.2) is 0 Å². The SMILES string of the molecule is CC(C)C[C@H](CS)C(=O)N(C(=O)[C@@H](C)N)C1CCCCC1. The molecule has 2 amide bonds. The second-order valence-electron chi connectivity index (χ2n) is 6.64. The van der Waals surface area contributed by atoms with Crippen LogP contribution in [0.5, 0.6) is 0 Å². The van der Waals surface area contributed by atoms with E-state index in [-0.39, 0.29) is 23.8 Å². The number of hydrogen-bond donors (Lipinski definition) is 2. The Morgan fingerprint density at radius 2 is 1.71 bits per heavy atom. The number of carbonyl (C=O) groups is 2. The largest absolute Gasteiger partial charge is 0.320 e. The van der Waals surface area contributed by atoms with E-state index in [2.05, 4.69) is 26.5 Å². The first-order chi connectivity index (χ1) is 9.88. The standard InChI is InChI=1S/C16H30N2O2S/c1-11(2)9-13(10-21)16(20)18(15(19)12(3)17)14-7-5-4-6-8-14/h11-14,21H,4-10,17H2,1-3H3/t12-,13-/m1/s1. The Morgan fingerprint density at radius 3 is 2.14 bits per heavy atom. The Morgan fingerprint density at radius 1 is 1.14 bits per heavy atom. The first-order valence-corrected chi connectivity index (χ1v) is 8.75. The summed E-state index contributed by atoms with van der Waals surface area (Å²) in [6.07, 6.45) is 5.92. The van der Waals surface area contributed by atoms with Crippen LogP contribution in [0, 0.1) is 11.8 Å². The number of thiol groups is 1. The molecule has 1 fully saturated rings. The van der Waals surface area contributed by atoms with E-state index >= 15 is 0 Å². The highest BCUT2D eigenvalue weighted by atomic mass is 32.1. The average Bonchev–Trinajstić information content (AvgIpc) is 2.45. The van der Waals surface area contributed by atoms with Gasteiger partial charge in [0.2, 0.25) is 11.8 Å². The van der Waals surface area contributed by atoms with E-state index < -0.39 is 6.04 Å². The van der Waals surface area contributed by atoms with Crippen molar-refractivity contribution in [3.8, 4) is 0 Å². The van der Waals surface area contributed by atoms with Crippen molar-refractivity contribution >= 4 is 24.4 Å². The molecule has 0 aliphatic heterocycles. The summed E-state index contributed by atoms with van der Waals surface area (Å²) in [5.41, 5.74) is 5.76. The van der Waals surface area contributed by atoms with Crippen molar-refractivity contribution in [2.75, 3.05) is 5.75 Å². The van der Waals surface area contributed by atoms with Crippen LogP contribution in [0.1, 0.15) is 59.3 Å². The van der Waals surface area contributed by atoms with Gasteiger partial charge < -0.3 is 5.73 Å². The van der Waals surface area contributed by atoms with Crippen molar-refractivity contribution in [3.05, 3.63) is 0 Å². The van der Waals surface area contributed by atoms with Crippen LogP contribution in [0.2, 0.25) is 0 Å². The van der Waals surface area contributed by atoms with Gasteiger partial charge in [-0.15, -0.1) is 0 Å². The van der Waals surface area contributed by atoms with Gasteiger partial charge >= 0.3 is 0 Å². The molecular weight excluding hydrogens is 284 g/mol. The summed E-state index contributed by atoms with van der Waals surface area (Å²) in [5, 5.41) is 0. The highest BCUT2D eigenvalue weighted by Crippen LogP contribution is 2.26. The molecule has 0 spiro atoms. The lowest BCUT2D eigenvalue weighted by molar-refractivity contribution is -0.151. The van der Waals surface area contributed by atoms with Gasteiger partial charge in [0.1, 0.15) is 0 Å². The molecule has 0 bridgehead atoms. The minimum absolute atomic E-state index is 0.0271. The molecule has 0 aromatic carbocycles. The van der Waals surface area contributed by atoms with Crippen LogP contribution in [0.3, 0.4) is 0 Å². The number of hydrogen-bond acceptors (Lipinski definition) is 4. The second-order valence-corrected chi connectivity index (χ2v) is 7.00. The molecular formula is C16H30N2O2S. The molecule has 0 aromatic heterocycles. The highest BCUT2D eigenvalue weighted by Gasteiger charge is 2.35. The normalized spacial score (nSPS) is 19.3. The van der Waals surface area contributed by atoms with Crippen LogP contribution < -0.4 is 5.73 Å². The lowest BCUT2D eigenvalue weighted by Gasteiger charge is -2.36. The van der Waals surface area contributed by atoms with Gasteiger partial charge in [-0.3, -0.25) is 14.5 Å². The average molecular weight is 314 g/mol. The monoisotopic (exact) mass is 314 g/mol. The molecule has 0 aromatic rings. The Hall–Kier alpha value is -0.550. The topological polar surface area (TPSA) is 63.4 Å². The summed E-state index contributed by atoms with van der Waals surface area (Å²) in [5.74, 6) is 0.380. The van der Waals surface area contributed by atoms with E-state index in [1.165, 1.54) is 11.3 Å². The van der Waals surface area contributed by atoms with Crippen molar-refractivity contribution in [2.45, 2.75) is 71.4 Å². The zero-order valence-electron chi connectivity index (χ0n) is 13.5. The molecule has 1 saturated carbocycles. The Labute approximate surface area is 134 Å². The fourth-order valence-electron chi connectivity index (χ4n) is 3.05. The number of rotatable bonds is 6. The van der Waals surface area contributed by atoms with E-state index in [1.807, 2.05) is 0 Å². The first kappa shape index (κ1) is 18.5. The highest BCUT2D eigenvalue weighted by molar-refractivity contribution is 7.80. The molecule has 2 atom stereocenters. The molecule has 1 aliphatic carbocycles. The molecule has 0 saturated heterocycles. The van der Waals surface area contributed by atoms with Crippen molar-refractivity contribution in [1.29, 1.82) is 0 Å². The van der Waals surface area contributed by atoms with E-state index in [1.54, 1.807) is 6.92 Å². The predicted octanol–water partition coefficient (Wildman–Crippen LogP) is 2.61. The van der Waals surface area contributed by atoms with Crippen LogP contribution >= 0.6 is 12.6 Å². The number of nitrogens with two attached hydrogens (primary N) is 1. The van der Waals surface area contributed by atoms with Crippen LogP contribution in [-0.2, 0) is 9.59 Å². The molecule has 4 nitrogen and oxygen atoms in total. The minimum Gasteiger partial charge on any atom is -0.320 e. The van der Waals surface area contributed by atoms with Gasteiger partial charge in [-0.2, -0.15) is 12.6 Å². The Kier molecular flexibility index (Phi) is 7.74. The summed E-state index contributed by atoms with van der Waals surface area (Å²) in [6.45, 7) is 5.83. The van der Waals surface area contributed by atoms with E-state index in [0.717, 1.165) is 32.1 Å². The summed E-state index contributed by atoms with van der Waals surface area (Å²) >= 11 is 4.32. The molecule has 1 rings (SSSR count). The molecule has 5 heteroatoms. The van der Waals surface area contributed by atoms with Crippen molar-refractivity contribution < 1.29 is 9.59 Å². The van der Waals surface area contributed by atoms with E-state index in [0.29, 0.717) is 11.7 Å². The van der Waals surface area contributed by atoms with Crippen molar-refractivity contribution in [3.63, 3.8) is 0 Å². The molecule has 21 heavy (non-hydrogen) atoms. The quantitative estimate of drug-likeness (QED) is 0.741. The van der Waals surface area contributed by atoms with Crippen molar-refractivity contribution in [1.82, 2.24) is 4.90 Å². The number of carbonyl (C=O) groups excluding carboxylic acids is 2. The third-order valence-corrected chi connectivity index (χ3v) is 4.57. The Balaban J connectivity index is 2.92. The predicted molar refractivity (Wildman–Crippen MR) is 89.2 cm³/mol. The fourth-order valence-corrected chi connectivity index (χ4v) is 3.35. The molecule has 1 aliphatic rings. The molecule has 0 radical (unpaired) electrons. The van der Waals surface area contributed by atoms with Gasteiger partial charge in [0.05, 0.1) is 6.04 Å². The van der Waals surface area contributed by atoms with Gasteiger partial charge in [0.25, 0.3) is 0 Å². The lowest BCUT2D eigenvalue weighted by Crippen LogP contribution is -2.53. The van der Waals surface area contributed by atoms with Gasteiger partial charge in [-0.05, 0) is 32.1 Å². The first-order valence-electron chi connectivity index (χ1n) is 8.11. The van der Waals surface area contributed by atoms with Crippen molar-refractivity contribution in [2.24, 2.45) is 17.6 Å². The number of amides is 2. The van der Waals surface area contributed by atoms with E-state index in [9.17, 15) is 9.59 Å². The number of nitrogens with zero attached hydrogens (tertiary/aromatic N) is 1. The lowest BCUT2D eigenvalue weighted by atomic mass is 9.91. The van der Waals surface area contributed by atoms with E-state index in [4.69, 9.17) is 5.73 Å². The summed E-state index contributed by atoms with van der Waals surface area (Å²) < 4.78 is 0. The molecule has 0 unspecified atom stereocenters. The Bertz CT molecular complexity index is 352. The van der Waals surface area contributed by atoms with Crippen LogP contribution in [0.25, 0.3) is 0 Å². The molecule has 122 valence electrons. The van der Waals surface area contributed by atoms with Gasteiger partial charge in [0, 0.05) is 17.7 Å². The third kappa shape index (κ3) is 5.29. The maximum Gasteiger partial charge on any atom is 0.246 e. The summed E-state index contributed by atoms with van der Waals surface area (Å²) in [6, 6.07) is -0.602. The second kappa shape index (κ2) is 8.79. The maximum absolute atomic E-state index is 12.9. The fraction of sp³-hybridized carbons (Fsp3) is 0.875. The van der Waals surface area contributed by atoms with Crippen LogP contribution in [0.15, 0.2) is 0 Å². The molecule has 2 N–H and O–H groups in total. The smallest absolute Gasteiger partial charge is 0.246 e. The zero-order chi connectivity index (χ0) is 16.0. The third-order valence-electron chi connectivity index (χ3n) is 4.13. The van der Waals surface area contributed by atoms with Crippen LogP contribution in [0.4, 0.5) is 0 Å². The summed E-state index contributed by atoms with van der Waals surface area (Å²) in [4.78, 5) is 26.8. The zero-order valence-corrected chi connectivity index (χ0v) is 14.4. The van der Waals surface area contributed by atoms with Crippen LogP contribution in [-0.4, -0.2) is 34.6 Å². The van der Waals surface area contributed by atoms with Gasteiger partial charge in [-0.1, -0.05) is 33.1 Å². The van der Waals surface area contributed by atoms with Gasteiger partial charge in [0.15, 0.2) is 0 Å². The number of imide groups is 1. The molecule has 0 heterocycles.